The molecule has 1 aromatic carbocycles. The van der Waals surface area contributed by atoms with Crippen molar-refractivity contribution in [2.45, 2.75) is 12.7 Å². The molecule has 0 bridgehead atoms. The summed E-state index contributed by atoms with van der Waals surface area (Å²) in [5, 5.41) is 9.63. The molecule has 1 atom stereocenters. The number of aliphatic hydroxyl groups excluding tert-OH is 1. The Morgan fingerprint density at radius 2 is 2.29 bits per heavy atom. The molecule has 0 aliphatic carbocycles. The highest BCUT2D eigenvalue weighted by molar-refractivity contribution is 7.98. The first-order chi connectivity index (χ1) is 6.72. The van der Waals surface area contributed by atoms with E-state index < -0.39 is 0 Å². The lowest BCUT2D eigenvalue weighted by Crippen LogP contribution is -2.03. The van der Waals surface area contributed by atoms with Crippen LogP contribution in [-0.2, 0) is 5.75 Å². The minimum absolute atomic E-state index is 0.266. The van der Waals surface area contributed by atoms with Crippen LogP contribution in [0.3, 0.4) is 0 Å². The topological polar surface area (TPSA) is 20.2 Å². The molecule has 0 aromatic heterocycles. The second-order valence-electron chi connectivity index (χ2n) is 3.43. The first kappa shape index (κ1) is 11.9. The van der Waals surface area contributed by atoms with Crippen molar-refractivity contribution in [3.8, 4) is 0 Å². The zero-order valence-electron chi connectivity index (χ0n) is 8.24. The lowest BCUT2D eigenvalue weighted by atomic mass is 10.2. The minimum atomic E-state index is 0.266. The largest absolute Gasteiger partial charge is 0.396 e. The molecule has 0 heterocycles. The monoisotopic (exact) mass is 230 g/mol. The van der Waals surface area contributed by atoms with Gasteiger partial charge in [-0.15, -0.1) is 0 Å². The zero-order valence-corrected chi connectivity index (χ0v) is 9.81. The van der Waals surface area contributed by atoms with E-state index in [4.69, 9.17) is 16.7 Å². The van der Waals surface area contributed by atoms with Gasteiger partial charge in [-0.3, -0.25) is 0 Å². The summed E-state index contributed by atoms with van der Waals surface area (Å²) < 4.78 is 0. The van der Waals surface area contributed by atoms with E-state index in [9.17, 15) is 0 Å². The van der Waals surface area contributed by atoms with E-state index in [1.165, 1.54) is 5.56 Å². The molecule has 0 amide bonds. The van der Waals surface area contributed by atoms with Crippen molar-refractivity contribution in [2.24, 2.45) is 5.92 Å². The van der Waals surface area contributed by atoms with Gasteiger partial charge in [0.2, 0.25) is 0 Å². The van der Waals surface area contributed by atoms with Crippen LogP contribution in [0, 0.1) is 5.92 Å². The highest BCUT2D eigenvalue weighted by atomic mass is 35.5. The van der Waals surface area contributed by atoms with Crippen LogP contribution in [-0.4, -0.2) is 17.5 Å². The quantitative estimate of drug-likeness (QED) is 0.839. The predicted octanol–water partition coefficient (Wildman–Crippen LogP) is 3.20. The number of benzene rings is 1. The second-order valence-corrected chi connectivity index (χ2v) is 4.90. The Bertz CT molecular complexity index is 278. The molecule has 0 aliphatic rings. The Labute approximate surface area is 94.5 Å². The van der Waals surface area contributed by atoms with Crippen molar-refractivity contribution < 1.29 is 5.11 Å². The fourth-order valence-corrected chi connectivity index (χ4v) is 2.31. The van der Waals surface area contributed by atoms with Crippen LogP contribution in [0.25, 0.3) is 0 Å². The average molecular weight is 231 g/mol. The molecular weight excluding hydrogens is 216 g/mol. The first-order valence-electron chi connectivity index (χ1n) is 4.65. The van der Waals surface area contributed by atoms with Crippen molar-refractivity contribution in [3.05, 3.63) is 34.9 Å². The van der Waals surface area contributed by atoms with E-state index in [0.29, 0.717) is 5.92 Å². The van der Waals surface area contributed by atoms with Gasteiger partial charge in [0.05, 0.1) is 0 Å². The molecule has 0 radical (unpaired) electrons. The summed E-state index contributed by atoms with van der Waals surface area (Å²) >= 11 is 7.69. The number of aliphatic hydroxyl groups is 1. The smallest absolute Gasteiger partial charge is 0.0464 e. The van der Waals surface area contributed by atoms with E-state index in [-0.39, 0.29) is 6.61 Å². The third-order valence-electron chi connectivity index (χ3n) is 1.87. The molecular formula is C11H15ClOS. The highest BCUT2D eigenvalue weighted by Crippen LogP contribution is 2.18. The van der Waals surface area contributed by atoms with Crippen molar-refractivity contribution in [1.29, 1.82) is 0 Å². The van der Waals surface area contributed by atoms with Crippen LogP contribution in [0.5, 0.6) is 0 Å². The third kappa shape index (κ3) is 4.36. The van der Waals surface area contributed by atoms with Crippen LogP contribution in [0.2, 0.25) is 5.02 Å². The second kappa shape index (κ2) is 6.33. The van der Waals surface area contributed by atoms with Gasteiger partial charge in [0.15, 0.2) is 0 Å². The first-order valence-corrected chi connectivity index (χ1v) is 6.18. The molecule has 3 heteroatoms. The summed E-state index contributed by atoms with van der Waals surface area (Å²) in [6.45, 7) is 2.31. The van der Waals surface area contributed by atoms with Crippen molar-refractivity contribution in [1.82, 2.24) is 0 Å². The molecule has 0 aliphatic heterocycles. The van der Waals surface area contributed by atoms with Crippen LogP contribution >= 0.6 is 23.4 Å². The molecule has 1 N–H and O–H groups in total. The van der Waals surface area contributed by atoms with E-state index in [1.807, 2.05) is 36.9 Å². The van der Waals surface area contributed by atoms with Crippen molar-refractivity contribution >= 4 is 23.4 Å². The molecule has 0 fully saturated rings. The van der Waals surface area contributed by atoms with Crippen molar-refractivity contribution in [2.75, 3.05) is 12.4 Å². The Morgan fingerprint density at radius 1 is 1.50 bits per heavy atom. The maximum atomic E-state index is 8.84. The fraction of sp³-hybridized carbons (Fsp3) is 0.455. The Balaban J connectivity index is 2.31. The maximum Gasteiger partial charge on any atom is 0.0464 e. The predicted molar refractivity (Wildman–Crippen MR) is 63.9 cm³/mol. The highest BCUT2D eigenvalue weighted by Gasteiger charge is 2.00. The van der Waals surface area contributed by atoms with E-state index in [2.05, 4.69) is 6.07 Å². The van der Waals surface area contributed by atoms with Crippen LogP contribution in [0.15, 0.2) is 24.3 Å². The lowest BCUT2D eigenvalue weighted by molar-refractivity contribution is 0.250. The molecule has 1 rings (SSSR count). The van der Waals surface area contributed by atoms with Gasteiger partial charge in [-0.05, 0) is 29.4 Å². The molecule has 0 saturated heterocycles. The number of thioether (sulfide) groups is 1. The number of hydrogen-bond donors (Lipinski definition) is 1. The summed E-state index contributed by atoms with van der Waals surface area (Å²) in [4.78, 5) is 0. The Morgan fingerprint density at radius 3 is 2.93 bits per heavy atom. The minimum Gasteiger partial charge on any atom is -0.396 e. The van der Waals surface area contributed by atoms with Gasteiger partial charge in [-0.25, -0.2) is 0 Å². The zero-order chi connectivity index (χ0) is 10.4. The van der Waals surface area contributed by atoms with Gasteiger partial charge in [0.25, 0.3) is 0 Å². The third-order valence-corrected chi connectivity index (χ3v) is 3.45. The molecule has 1 unspecified atom stereocenters. The summed E-state index contributed by atoms with van der Waals surface area (Å²) in [5.74, 6) is 2.33. The number of hydrogen-bond acceptors (Lipinski definition) is 2. The Kier molecular flexibility index (Phi) is 5.38. The maximum absolute atomic E-state index is 8.84. The summed E-state index contributed by atoms with van der Waals surface area (Å²) in [5.41, 5.74) is 1.24. The lowest BCUT2D eigenvalue weighted by Gasteiger charge is -2.07. The van der Waals surface area contributed by atoms with Gasteiger partial charge in [-0.1, -0.05) is 30.7 Å². The van der Waals surface area contributed by atoms with Gasteiger partial charge < -0.3 is 5.11 Å². The molecule has 0 spiro atoms. The normalized spacial score (nSPS) is 12.8. The van der Waals surface area contributed by atoms with E-state index >= 15 is 0 Å². The van der Waals surface area contributed by atoms with Gasteiger partial charge in [-0.2, -0.15) is 11.8 Å². The molecule has 1 nitrogen and oxygen atoms in total. The van der Waals surface area contributed by atoms with E-state index in [0.717, 1.165) is 16.5 Å². The van der Waals surface area contributed by atoms with Crippen LogP contribution in [0.4, 0.5) is 0 Å². The van der Waals surface area contributed by atoms with Gasteiger partial charge in [0, 0.05) is 17.4 Å². The van der Waals surface area contributed by atoms with Crippen LogP contribution in [0.1, 0.15) is 12.5 Å². The van der Waals surface area contributed by atoms with Gasteiger partial charge >= 0.3 is 0 Å². The molecule has 0 saturated carbocycles. The summed E-state index contributed by atoms with van der Waals surface area (Å²) in [7, 11) is 0. The van der Waals surface area contributed by atoms with E-state index in [1.54, 1.807) is 0 Å². The average Bonchev–Trinajstić information content (AvgIpc) is 2.17. The van der Waals surface area contributed by atoms with Gasteiger partial charge in [0.1, 0.15) is 0 Å². The van der Waals surface area contributed by atoms with Crippen molar-refractivity contribution in [3.63, 3.8) is 0 Å². The molecule has 14 heavy (non-hydrogen) atoms. The number of halogens is 1. The van der Waals surface area contributed by atoms with Crippen LogP contribution < -0.4 is 0 Å². The standard InChI is InChI=1S/C11H15ClOS/c1-9(6-13)7-14-8-10-3-2-4-11(12)5-10/h2-5,9,13H,6-8H2,1H3. The number of rotatable bonds is 5. The molecule has 78 valence electrons. The SMILES string of the molecule is CC(CO)CSCc1cccc(Cl)c1. The summed E-state index contributed by atoms with van der Waals surface area (Å²) in [6.07, 6.45) is 0. The fourth-order valence-electron chi connectivity index (χ4n) is 1.06. The Hall–Kier alpha value is -0.180. The summed E-state index contributed by atoms with van der Waals surface area (Å²) in [6, 6.07) is 7.90. The molecule has 1 aromatic rings.